The summed E-state index contributed by atoms with van der Waals surface area (Å²) < 4.78 is 11.2. The van der Waals surface area contributed by atoms with Crippen molar-refractivity contribution in [2.45, 2.75) is 6.92 Å². The first-order valence-electron chi connectivity index (χ1n) is 9.15. The van der Waals surface area contributed by atoms with Gasteiger partial charge in [0.05, 0.1) is 18.1 Å². The fourth-order valence-corrected chi connectivity index (χ4v) is 3.23. The fraction of sp³-hybridized carbons (Fsp3) is 0.0833. The molecule has 0 radical (unpaired) electrons. The molecule has 0 bridgehead atoms. The first-order valence-corrected chi connectivity index (χ1v) is 9.15. The molecule has 0 spiro atoms. The van der Waals surface area contributed by atoms with Crippen molar-refractivity contribution in [2.75, 3.05) is 12.4 Å². The minimum absolute atomic E-state index is 0.129. The van der Waals surface area contributed by atoms with Crippen molar-refractivity contribution in [3.63, 3.8) is 0 Å². The Hall–Kier alpha value is -3.86. The molecule has 1 aromatic heterocycles. The molecule has 5 heteroatoms. The SMILES string of the molecule is COc1ccc(C(=O)Nc2oc3c(C)cccc3c(=O)c2-c2ccccc2)cc1. The Labute approximate surface area is 167 Å². The van der Waals surface area contributed by atoms with Gasteiger partial charge in [0.2, 0.25) is 11.3 Å². The van der Waals surface area contributed by atoms with E-state index in [0.717, 1.165) is 5.56 Å². The first kappa shape index (κ1) is 18.5. The molecule has 4 rings (SSSR count). The smallest absolute Gasteiger partial charge is 0.257 e. The van der Waals surface area contributed by atoms with Crippen LogP contribution in [0.4, 0.5) is 5.88 Å². The average molecular weight is 385 g/mol. The molecule has 0 fully saturated rings. The van der Waals surface area contributed by atoms with E-state index in [-0.39, 0.29) is 17.2 Å². The number of carbonyl (C=O) groups excluding carboxylic acids is 1. The summed E-state index contributed by atoms with van der Waals surface area (Å²) in [6.07, 6.45) is 0. The van der Waals surface area contributed by atoms with Crippen LogP contribution in [0.5, 0.6) is 5.75 Å². The monoisotopic (exact) mass is 385 g/mol. The molecule has 0 saturated carbocycles. The van der Waals surface area contributed by atoms with Crippen LogP contribution in [0, 0.1) is 6.92 Å². The summed E-state index contributed by atoms with van der Waals surface area (Å²) in [5.41, 5.74) is 2.52. The number of hydrogen-bond donors (Lipinski definition) is 1. The van der Waals surface area contributed by atoms with E-state index < -0.39 is 0 Å². The van der Waals surface area contributed by atoms with E-state index in [9.17, 15) is 9.59 Å². The second-order valence-electron chi connectivity index (χ2n) is 6.64. The molecule has 5 nitrogen and oxygen atoms in total. The number of benzene rings is 3. The summed E-state index contributed by atoms with van der Waals surface area (Å²) in [7, 11) is 1.56. The number of ether oxygens (including phenoxy) is 1. The van der Waals surface area contributed by atoms with Crippen molar-refractivity contribution >= 4 is 22.8 Å². The van der Waals surface area contributed by atoms with Gasteiger partial charge in [-0.3, -0.25) is 14.9 Å². The summed E-state index contributed by atoms with van der Waals surface area (Å²) in [6, 6.07) is 21.3. The van der Waals surface area contributed by atoms with Crippen LogP contribution in [0.15, 0.2) is 82.0 Å². The number of nitrogens with one attached hydrogen (secondary N) is 1. The molecule has 3 aromatic carbocycles. The molecule has 29 heavy (non-hydrogen) atoms. The van der Waals surface area contributed by atoms with Crippen LogP contribution in [0.25, 0.3) is 22.1 Å². The van der Waals surface area contributed by atoms with E-state index in [0.29, 0.717) is 33.4 Å². The van der Waals surface area contributed by atoms with Gasteiger partial charge >= 0.3 is 0 Å². The molecule has 0 aliphatic heterocycles. The van der Waals surface area contributed by atoms with Crippen LogP contribution in [0.3, 0.4) is 0 Å². The Bertz CT molecular complexity index is 1240. The first-order chi connectivity index (χ1) is 14.1. The zero-order valence-corrected chi connectivity index (χ0v) is 16.1. The predicted octanol–water partition coefficient (Wildman–Crippen LogP) is 5.03. The van der Waals surface area contributed by atoms with Gasteiger partial charge in [0.25, 0.3) is 5.91 Å². The molecule has 1 amide bonds. The van der Waals surface area contributed by atoms with E-state index in [2.05, 4.69) is 5.32 Å². The zero-order valence-electron chi connectivity index (χ0n) is 16.1. The van der Waals surface area contributed by atoms with Crippen molar-refractivity contribution in [1.29, 1.82) is 0 Å². The highest BCUT2D eigenvalue weighted by Gasteiger charge is 2.19. The van der Waals surface area contributed by atoms with E-state index in [1.807, 2.05) is 49.4 Å². The summed E-state index contributed by atoms with van der Waals surface area (Å²) in [5.74, 6) is 0.407. The topological polar surface area (TPSA) is 68.5 Å². The highest BCUT2D eigenvalue weighted by molar-refractivity contribution is 6.06. The number of para-hydroxylation sites is 1. The molecule has 0 unspecified atom stereocenters. The minimum atomic E-state index is -0.374. The average Bonchev–Trinajstić information content (AvgIpc) is 2.75. The van der Waals surface area contributed by atoms with Crippen LogP contribution in [0.2, 0.25) is 0 Å². The fourth-order valence-electron chi connectivity index (χ4n) is 3.23. The second kappa shape index (κ2) is 7.64. The van der Waals surface area contributed by atoms with Gasteiger partial charge in [0, 0.05) is 5.56 Å². The molecular weight excluding hydrogens is 366 g/mol. The summed E-state index contributed by atoms with van der Waals surface area (Å²) >= 11 is 0. The Morgan fingerprint density at radius 3 is 2.34 bits per heavy atom. The van der Waals surface area contributed by atoms with E-state index in [1.54, 1.807) is 37.4 Å². The predicted molar refractivity (Wildman–Crippen MR) is 114 cm³/mol. The highest BCUT2D eigenvalue weighted by atomic mass is 16.5. The number of aryl methyl sites for hydroxylation is 1. The minimum Gasteiger partial charge on any atom is -0.497 e. The van der Waals surface area contributed by atoms with Crippen molar-refractivity contribution in [2.24, 2.45) is 0 Å². The van der Waals surface area contributed by atoms with Gasteiger partial charge in [-0.2, -0.15) is 0 Å². The lowest BCUT2D eigenvalue weighted by molar-refractivity contribution is 0.102. The van der Waals surface area contributed by atoms with Crippen molar-refractivity contribution < 1.29 is 13.9 Å². The number of methoxy groups -OCH3 is 1. The van der Waals surface area contributed by atoms with Crippen LogP contribution in [-0.2, 0) is 0 Å². The number of hydrogen-bond acceptors (Lipinski definition) is 4. The molecular formula is C24H19NO4. The van der Waals surface area contributed by atoms with Gasteiger partial charge in [0.1, 0.15) is 11.3 Å². The zero-order chi connectivity index (χ0) is 20.4. The van der Waals surface area contributed by atoms with Gasteiger partial charge in [-0.05, 0) is 48.4 Å². The van der Waals surface area contributed by atoms with Crippen molar-refractivity contribution in [3.8, 4) is 16.9 Å². The molecule has 1 heterocycles. The van der Waals surface area contributed by atoms with Crippen molar-refractivity contribution in [3.05, 3.63) is 94.1 Å². The standard InChI is InChI=1S/C24H19NO4/c1-15-7-6-10-19-21(26)20(16-8-4-3-5-9-16)24(29-22(15)19)25-23(27)17-11-13-18(28-2)14-12-17/h3-14H,1-2H3,(H,25,27). The van der Waals surface area contributed by atoms with Gasteiger partial charge < -0.3 is 9.15 Å². The third kappa shape index (κ3) is 3.50. The Morgan fingerprint density at radius 1 is 0.931 bits per heavy atom. The maximum atomic E-state index is 13.3. The molecule has 4 aromatic rings. The van der Waals surface area contributed by atoms with E-state index in [4.69, 9.17) is 9.15 Å². The van der Waals surface area contributed by atoms with Crippen LogP contribution in [-0.4, -0.2) is 13.0 Å². The third-order valence-electron chi connectivity index (χ3n) is 4.76. The Morgan fingerprint density at radius 2 is 1.66 bits per heavy atom. The molecule has 0 aliphatic rings. The number of carbonyl (C=O) groups is 1. The van der Waals surface area contributed by atoms with E-state index in [1.165, 1.54) is 0 Å². The van der Waals surface area contributed by atoms with Crippen LogP contribution < -0.4 is 15.5 Å². The molecule has 0 atom stereocenters. The largest absolute Gasteiger partial charge is 0.497 e. The van der Waals surface area contributed by atoms with Crippen molar-refractivity contribution in [1.82, 2.24) is 0 Å². The third-order valence-corrected chi connectivity index (χ3v) is 4.76. The lowest BCUT2D eigenvalue weighted by Gasteiger charge is -2.12. The number of amides is 1. The van der Waals surface area contributed by atoms with Gasteiger partial charge in [-0.1, -0.05) is 42.5 Å². The maximum absolute atomic E-state index is 13.3. The number of anilines is 1. The lowest BCUT2D eigenvalue weighted by Crippen LogP contribution is -2.16. The summed E-state index contributed by atoms with van der Waals surface area (Å²) in [5, 5.41) is 3.25. The van der Waals surface area contributed by atoms with Gasteiger partial charge in [0.15, 0.2) is 0 Å². The Balaban J connectivity index is 1.86. The highest BCUT2D eigenvalue weighted by Crippen LogP contribution is 2.30. The molecule has 144 valence electrons. The normalized spacial score (nSPS) is 10.7. The second-order valence-corrected chi connectivity index (χ2v) is 6.64. The van der Waals surface area contributed by atoms with Gasteiger partial charge in [-0.15, -0.1) is 0 Å². The van der Waals surface area contributed by atoms with E-state index >= 15 is 0 Å². The maximum Gasteiger partial charge on any atom is 0.257 e. The van der Waals surface area contributed by atoms with Crippen LogP contribution >= 0.6 is 0 Å². The molecule has 1 N–H and O–H groups in total. The lowest BCUT2D eigenvalue weighted by atomic mass is 10.0. The summed E-state index contributed by atoms with van der Waals surface area (Å²) in [6.45, 7) is 1.86. The number of rotatable bonds is 4. The Kier molecular flexibility index (Phi) is 4.87. The summed E-state index contributed by atoms with van der Waals surface area (Å²) in [4.78, 5) is 26.1. The molecule has 0 saturated heterocycles. The molecule has 0 aliphatic carbocycles. The number of fused-ring (bicyclic) bond motifs is 1. The van der Waals surface area contributed by atoms with Crippen LogP contribution in [0.1, 0.15) is 15.9 Å². The quantitative estimate of drug-likeness (QED) is 0.535. The van der Waals surface area contributed by atoms with Gasteiger partial charge in [-0.25, -0.2) is 0 Å².